The molecule has 0 aromatic heterocycles. The fourth-order valence-corrected chi connectivity index (χ4v) is 2.61. The van der Waals surface area contributed by atoms with Gasteiger partial charge in [-0.3, -0.25) is 4.79 Å². The van der Waals surface area contributed by atoms with Crippen LogP contribution in [-0.2, 0) is 11.2 Å². The number of nitrogens with one attached hydrogen (secondary N) is 1. The maximum Gasteiger partial charge on any atom is 0.228 e. The molecule has 0 atom stereocenters. The number of carbonyl (C=O) groups is 1. The van der Waals surface area contributed by atoms with E-state index in [1.807, 2.05) is 13.0 Å². The van der Waals surface area contributed by atoms with Gasteiger partial charge in [0.25, 0.3) is 0 Å². The van der Waals surface area contributed by atoms with Crippen LogP contribution in [0.15, 0.2) is 34.8 Å². The lowest BCUT2D eigenvalue weighted by molar-refractivity contribution is -0.115. The minimum absolute atomic E-state index is 0.121. The molecule has 0 unspecified atom stereocenters. The third-order valence-corrected chi connectivity index (χ3v) is 3.52. The molecular formula is C15H13BrF2N2O. The van der Waals surface area contributed by atoms with E-state index in [4.69, 9.17) is 5.73 Å². The molecule has 0 aliphatic heterocycles. The van der Waals surface area contributed by atoms with Crippen LogP contribution in [0.1, 0.15) is 11.1 Å². The lowest BCUT2D eigenvalue weighted by atomic mass is 10.1. The summed E-state index contributed by atoms with van der Waals surface area (Å²) >= 11 is 3.32. The molecule has 2 aromatic carbocycles. The van der Waals surface area contributed by atoms with Crippen molar-refractivity contribution in [2.45, 2.75) is 13.3 Å². The zero-order chi connectivity index (χ0) is 15.6. The Hall–Kier alpha value is -1.95. The van der Waals surface area contributed by atoms with Crippen molar-refractivity contribution in [3.63, 3.8) is 0 Å². The number of benzene rings is 2. The Bertz CT molecular complexity index is 681. The van der Waals surface area contributed by atoms with Gasteiger partial charge in [-0.1, -0.05) is 6.07 Å². The molecule has 0 aliphatic carbocycles. The topological polar surface area (TPSA) is 55.1 Å². The Balaban J connectivity index is 2.16. The zero-order valence-electron chi connectivity index (χ0n) is 11.2. The first-order valence-electron chi connectivity index (χ1n) is 6.16. The standard InChI is InChI=1S/C15H13BrF2N2O/c1-8-4-11(16)15(13(19)5-8)20-14(21)6-9-2-3-10(17)7-12(9)18/h2-5,7H,6,19H2,1H3,(H,20,21). The van der Waals surface area contributed by atoms with E-state index >= 15 is 0 Å². The number of anilines is 2. The van der Waals surface area contributed by atoms with Crippen LogP contribution in [0.25, 0.3) is 0 Å². The van der Waals surface area contributed by atoms with Crippen LogP contribution in [0, 0.1) is 18.6 Å². The fraction of sp³-hybridized carbons (Fsp3) is 0.133. The van der Waals surface area contributed by atoms with E-state index in [9.17, 15) is 13.6 Å². The van der Waals surface area contributed by atoms with Gasteiger partial charge in [-0.15, -0.1) is 0 Å². The van der Waals surface area contributed by atoms with Gasteiger partial charge in [0, 0.05) is 10.5 Å². The van der Waals surface area contributed by atoms with Gasteiger partial charge < -0.3 is 11.1 Å². The fourth-order valence-electron chi connectivity index (χ4n) is 1.92. The number of carbonyl (C=O) groups excluding carboxylic acids is 1. The van der Waals surface area contributed by atoms with Crippen molar-refractivity contribution in [3.8, 4) is 0 Å². The van der Waals surface area contributed by atoms with Gasteiger partial charge >= 0.3 is 0 Å². The van der Waals surface area contributed by atoms with E-state index in [2.05, 4.69) is 21.2 Å². The van der Waals surface area contributed by atoms with Crippen LogP contribution in [0.4, 0.5) is 20.2 Å². The second-order valence-corrected chi connectivity index (χ2v) is 5.53. The molecule has 1 amide bonds. The second kappa shape index (κ2) is 6.22. The number of nitrogens with two attached hydrogens (primary N) is 1. The molecule has 0 saturated carbocycles. The van der Waals surface area contributed by atoms with E-state index in [0.29, 0.717) is 15.8 Å². The molecule has 21 heavy (non-hydrogen) atoms. The van der Waals surface area contributed by atoms with E-state index < -0.39 is 17.5 Å². The highest BCUT2D eigenvalue weighted by Gasteiger charge is 2.13. The van der Waals surface area contributed by atoms with Crippen LogP contribution >= 0.6 is 15.9 Å². The molecule has 0 heterocycles. The molecule has 0 bridgehead atoms. The first-order valence-corrected chi connectivity index (χ1v) is 6.95. The van der Waals surface area contributed by atoms with Crippen LogP contribution in [-0.4, -0.2) is 5.91 Å². The summed E-state index contributed by atoms with van der Waals surface area (Å²) in [6, 6.07) is 6.64. The van der Waals surface area contributed by atoms with Crippen molar-refractivity contribution >= 4 is 33.2 Å². The van der Waals surface area contributed by atoms with Gasteiger partial charge in [-0.25, -0.2) is 8.78 Å². The normalized spacial score (nSPS) is 10.5. The van der Waals surface area contributed by atoms with Crippen LogP contribution in [0.5, 0.6) is 0 Å². The second-order valence-electron chi connectivity index (χ2n) is 4.67. The van der Waals surface area contributed by atoms with Crippen molar-refractivity contribution in [3.05, 3.63) is 57.6 Å². The summed E-state index contributed by atoms with van der Waals surface area (Å²) in [5, 5.41) is 2.62. The van der Waals surface area contributed by atoms with Crippen LogP contribution < -0.4 is 11.1 Å². The van der Waals surface area contributed by atoms with E-state index in [0.717, 1.165) is 17.7 Å². The summed E-state index contributed by atoms with van der Waals surface area (Å²) in [5.74, 6) is -1.86. The largest absolute Gasteiger partial charge is 0.397 e. The van der Waals surface area contributed by atoms with Gasteiger partial charge in [-0.05, 0) is 52.2 Å². The summed E-state index contributed by atoms with van der Waals surface area (Å²) < 4.78 is 27.0. The van der Waals surface area contributed by atoms with Crippen LogP contribution in [0.3, 0.4) is 0 Å². The quantitative estimate of drug-likeness (QED) is 0.823. The highest BCUT2D eigenvalue weighted by atomic mass is 79.9. The SMILES string of the molecule is Cc1cc(N)c(NC(=O)Cc2ccc(F)cc2F)c(Br)c1. The van der Waals surface area contributed by atoms with Gasteiger partial charge in [0.1, 0.15) is 11.6 Å². The molecule has 110 valence electrons. The van der Waals surface area contributed by atoms with E-state index in [-0.39, 0.29) is 12.0 Å². The summed E-state index contributed by atoms with van der Waals surface area (Å²) in [6.07, 6.45) is -0.203. The van der Waals surface area contributed by atoms with Crippen molar-refractivity contribution in [2.24, 2.45) is 0 Å². The van der Waals surface area contributed by atoms with E-state index in [1.165, 1.54) is 6.07 Å². The molecular weight excluding hydrogens is 342 g/mol. The van der Waals surface area contributed by atoms with Gasteiger partial charge in [0.05, 0.1) is 17.8 Å². The number of amides is 1. The average molecular weight is 355 g/mol. The monoisotopic (exact) mass is 354 g/mol. The van der Waals surface area contributed by atoms with Crippen molar-refractivity contribution < 1.29 is 13.6 Å². The number of nitrogen functional groups attached to an aromatic ring is 1. The number of aryl methyl sites for hydroxylation is 1. The molecule has 0 spiro atoms. The molecule has 2 aromatic rings. The van der Waals surface area contributed by atoms with Gasteiger partial charge in [0.15, 0.2) is 0 Å². The summed E-state index contributed by atoms with van der Waals surface area (Å²) in [4.78, 5) is 12.0. The molecule has 0 aliphatic rings. The number of rotatable bonds is 3. The lowest BCUT2D eigenvalue weighted by Gasteiger charge is -2.11. The summed E-state index contributed by atoms with van der Waals surface area (Å²) in [6.45, 7) is 1.88. The first-order chi connectivity index (χ1) is 9.86. The van der Waals surface area contributed by atoms with E-state index in [1.54, 1.807) is 6.07 Å². The highest BCUT2D eigenvalue weighted by molar-refractivity contribution is 9.10. The molecule has 3 N–H and O–H groups in total. The Morgan fingerprint density at radius 3 is 2.62 bits per heavy atom. The number of hydrogen-bond donors (Lipinski definition) is 2. The van der Waals surface area contributed by atoms with Crippen LogP contribution in [0.2, 0.25) is 0 Å². The Morgan fingerprint density at radius 2 is 2.00 bits per heavy atom. The molecule has 6 heteroatoms. The molecule has 0 saturated heterocycles. The minimum atomic E-state index is -0.749. The third kappa shape index (κ3) is 3.78. The Morgan fingerprint density at radius 1 is 1.29 bits per heavy atom. The first kappa shape index (κ1) is 15.4. The predicted molar refractivity (Wildman–Crippen MR) is 82.0 cm³/mol. The minimum Gasteiger partial charge on any atom is -0.397 e. The summed E-state index contributed by atoms with van der Waals surface area (Å²) in [5.41, 5.74) is 7.76. The molecule has 2 rings (SSSR count). The third-order valence-electron chi connectivity index (χ3n) is 2.90. The smallest absolute Gasteiger partial charge is 0.228 e. The van der Waals surface area contributed by atoms with Crippen molar-refractivity contribution in [1.29, 1.82) is 0 Å². The zero-order valence-corrected chi connectivity index (χ0v) is 12.8. The Labute approximate surface area is 129 Å². The molecule has 0 fully saturated rings. The lowest BCUT2D eigenvalue weighted by Crippen LogP contribution is -2.16. The number of hydrogen-bond acceptors (Lipinski definition) is 2. The summed E-state index contributed by atoms with van der Waals surface area (Å²) in [7, 11) is 0. The maximum atomic E-state index is 13.5. The molecule has 0 radical (unpaired) electrons. The van der Waals surface area contributed by atoms with Gasteiger partial charge in [-0.2, -0.15) is 0 Å². The highest BCUT2D eigenvalue weighted by Crippen LogP contribution is 2.30. The van der Waals surface area contributed by atoms with Crippen molar-refractivity contribution in [2.75, 3.05) is 11.1 Å². The van der Waals surface area contributed by atoms with Gasteiger partial charge in [0.2, 0.25) is 5.91 Å². The molecule has 3 nitrogen and oxygen atoms in total. The maximum absolute atomic E-state index is 13.5. The number of halogens is 3. The Kier molecular flexibility index (Phi) is 4.57. The van der Waals surface area contributed by atoms with Crippen molar-refractivity contribution in [1.82, 2.24) is 0 Å². The predicted octanol–water partition coefficient (Wildman–Crippen LogP) is 3.80. The average Bonchev–Trinajstić information content (AvgIpc) is 2.37.